The zero-order valence-corrected chi connectivity index (χ0v) is 22.7. The molecule has 38 heavy (non-hydrogen) atoms. The number of aliphatic hydroxyl groups excluding tert-OH is 2. The Hall–Kier alpha value is -2.92. The number of halogens is 2. The standard InChI is InChI=1S/C26H32Cl2O10/c1-15(2)23(31)37-19(9-17(29)11-27)13-35-25(33)21-7-5-6-8-22(21)26(34)36-14-20(10-18(30)12-28)38-24(32)16(3)4/h5-8,17-20,29-30H,1,3,9-14H2,2,4H3. The van der Waals surface area contributed by atoms with Gasteiger partial charge >= 0.3 is 23.9 Å². The van der Waals surface area contributed by atoms with Gasteiger partial charge in [-0.2, -0.15) is 0 Å². The Morgan fingerprint density at radius 2 is 1.11 bits per heavy atom. The Labute approximate surface area is 231 Å². The maximum atomic E-state index is 12.8. The largest absolute Gasteiger partial charge is 0.458 e. The topological polar surface area (TPSA) is 146 Å². The van der Waals surface area contributed by atoms with Crippen molar-refractivity contribution < 1.29 is 48.3 Å². The number of esters is 4. The van der Waals surface area contributed by atoms with Crippen molar-refractivity contribution in [3.8, 4) is 0 Å². The second-order valence-corrected chi connectivity index (χ2v) is 9.06. The molecule has 0 aliphatic heterocycles. The van der Waals surface area contributed by atoms with Crippen molar-refractivity contribution in [1.29, 1.82) is 0 Å². The molecule has 4 unspecified atom stereocenters. The monoisotopic (exact) mass is 574 g/mol. The van der Waals surface area contributed by atoms with Crippen LogP contribution in [0.25, 0.3) is 0 Å². The molecular formula is C26H32Cl2O10. The van der Waals surface area contributed by atoms with Crippen LogP contribution in [0.1, 0.15) is 47.4 Å². The van der Waals surface area contributed by atoms with Gasteiger partial charge in [0.15, 0.2) is 0 Å². The lowest BCUT2D eigenvalue weighted by Gasteiger charge is -2.21. The lowest BCUT2D eigenvalue weighted by Crippen LogP contribution is -2.31. The first-order valence-electron chi connectivity index (χ1n) is 11.5. The smallest absolute Gasteiger partial charge is 0.339 e. The van der Waals surface area contributed by atoms with Gasteiger partial charge in [0, 0.05) is 35.7 Å². The second-order valence-electron chi connectivity index (χ2n) is 8.45. The summed E-state index contributed by atoms with van der Waals surface area (Å²) in [4.78, 5) is 49.4. The predicted octanol–water partition coefficient (Wildman–Crippen LogP) is 2.96. The van der Waals surface area contributed by atoms with Crippen LogP contribution in [-0.4, -0.2) is 83.5 Å². The van der Waals surface area contributed by atoms with E-state index in [9.17, 15) is 29.4 Å². The van der Waals surface area contributed by atoms with Crippen molar-refractivity contribution in [2.45, 2.75) is 51.1 Å². The molecule has 0 aliphatic rings. The van der Waals surface area contributed by atoms with Crippen LogP contribution in [0, 0.1) is 0 Å². The first-order valence-corrected chi connectivity index (χ1v) is 12.6. The normalized spacial score (nSPS) is 13.8. The number of hydrogen-bond acceptors (Lipinski definition) is 10. The Kier molecular flexibility index (Phi) is 14.7. The molecule has 210 valence electrons. The Bertz CT molecular complexity index is 930. The number of rotatable bonds is 16. The number of ether oxygens (including phenoxy) is 4. The summed E-state index contributed by atoms with van der Waals surface area (Å²) in [6.45, 7) is 8.98. The van der Waals surface area contributed by atoms with Crippen molar-refractivity contribution in [2.75, 3.05) is 25.0 Å². The van der Waals surface area contributed by atoms with Crippen molar-refractivity contribution in [1.82, 2.24) is 0 Å². The highest BCUT2D eigenvalue weighted by Gasteiger charge is 2.26. The fourth-order valence-corrected chi connectivity index (χ4v) is 3.12. The average molecular weight is 575 g/mol. The fourth-order valence-electron chi connectivity index (χ4n) is 2.87. The van der Waals surface area contributed by atoms with E-state index in [4.69, 9.17) is 42.1 Å². The van der Waals surface area contributed by atoms with Gasteiger partial charge < -0.3 is 29.2 Å². The Balaban J connectivity index is 2.95. The lowest BCUT2D eigenvalue weighted by atomic mass is 10.1. The summed E-state index contributed by atoms with van der Waals surface area (Å²) in [5, 5.41) is 19.7. The molecular weight excluding hydrogens is 543 g/mol. The second kappa shape index (κ2) is 16.8. The number of alkyl halides is 2. The van der Waals surface area contributed by atoms with Crippen LogP contribution in [0.2, 0.25) is 0 Å². The van der Waals surface area contributed by atoms with Crippen LogP contribution in [0.15, 0.2) is 48.6 Å². The van der Waals surface area contributed by atoms with E-state index in [1.54, 1.807) is 0 Å². The zero-order chi connectivity index (χ0) is 28.8. The minimum Gasteiger partial charge on any atom is -0.458 e. The van der Waals surface area contributed by atoms with Gasteiger partial charge in [0.05, 0.1) is 23.3 Å². The van der Waals surface area contributed by atoms with Gasteiger partial charge in [-0.05, 0) is 26.0 Å². The number of carbonyl (C=O) groups is 4. The summed E-state index contributed by atoms with van der Waals surface area (Å²) in [6.07, 6.45) is -4.29. The number of carbonyl (C=O) groups excluding carboxylic acids is 4. The van der Waals surface area contributed by atoms with Crippen LogP contribution in [0.3, 0.4) is 0 Å². The summed E-state index contributed by atoms with van der Waals surface area (Å²) in [5.41, 5.74) is -0.0607. The minimum absolute atomic E-state index is 0.0993. The molecule has 0 saturated carbocycles. The van der Waals surface area contributed by atoms with E-state index in [1.807, 2.05) is 0 Å². The van der Waals surface area contributed by atoms with Gasteiger partial charge in [0.1, 0.15) is 25.4 Å². The van der Waals surface area contributed by atoms with Crippen LogP contribution in [-0.2, 0) is 28.5 Å². The van der Waals surface area contributed by atoms with E-state index < -0.39 is 61.5 Å². The molecule has 0 heterocycles. The predicted molar refractivity (Wildman–Crippen MR) is 139 cm³/mol. The quantitative estimate of drug-likeness (QED) is 0.131. The molecule has 1 aromatic rings. The molecule has 1 rings (SSSR count). The minimum atomic E-state index is -1.02. The Morgan fingerprint density at radius 1 is 0.763 bits per heavy atom. The number of aliphatic hydroxyl groups is 2. The van der Waals surface area contributed by atoms with Crippen molar-refractivity contribution in [2.24, 2.45) is 0 Å². The molecule has 0 spiro atoms. The zero-order valence-electron chi connectivity index (χ0n) is 21.2. The molecule has 2 N–H and O–H groups in total. The van der Waals surface area contributed by atoms with E-state index in [0.29, 0.717) is 0 Å². The first kappa shape index (κ1) is 33.1. The SMILES string of the molecule is C=C(C)C(=O)OC(COC(=O)c1ccccc1C(=O)OCC(CC(O)CCl)OC(=O)C(=C)C)CC(O)CCl. The van der Waals surface area contributed by atoms with Crippen molar-refractivity contribution in [3.63, 3.8) is 0 Å². The molecule has 0 saturated heterocycles. The highest BCUT2D eigenvalue weighted by Crippen LogP contribution is 2.16. The number of benzene rings is 1. The van der Waals surface area contributed by atoms with E-state index in [2.05, 4.69) is 13.2 Å². The van der Waals surface area contributed by atoms with Crippen LogP contribution < -0.4 is 0 Å². The summed E-state index contributed by atoms with van der Waals surface area (Å²) in [6, 6.07) is 5.66. The first-order chi connectivity index (χ1) is 17.9. The molecule has 1 aromatic carbocycles. The molecule has 0 fully saturated rings. The van der Waals surface area contributed by atoms with Gasteiger partial charge in [-0.3, -0.25) is 0 Å². The molecule has 12 heteroatoms. The molecule has 10 nitrogen and oxygen atoms in total. The summed E-state index contributed by atoms with van der Waals surface area (Å²) in [5.74, 6) is -3.58. The number of hydrogen-bond donors (Lipinski definition) is 2. The average Bonchev–Trinajstić information content (AvgIpc) is 2.89. The third kappa shape index (κ3) is 11.6. The lowest BCUT2D eigenvalue weighted by molar-refractivity contribution is -0.148. The summed E-state index contributed by atoms with van der Waals surface area (Å²) >= 11 is 11.2. The van der Waals surface area contributed by atoms with Gasteiger partial charge in [0.2, 0.25) is 0 Å². The molecule has 0 aromatic heterocycles. The Morgan fingerprint density at radius 3 is 1.39 bits per heavy atom. The van der Waals surface area contributed by atoms with Crippen LogP contribution in [0.4, 0.5) is 0 Å². The fraction of sp³-hybridized carbons (Fsp3) is 0.462. The highest BCUT2D eigenvalue weighted by atomic mass is 35.5. The van der Waals surface area contributed by atoms with Crippen molar-refractivity contribution in [3.05, 3.63) is 59.7 Å². The molecule has 0 aliphatic carbocycles. The highest BCUT2D eigenvalue weighted by molar-refractivity contribution is 6.18. The molecule has 4 atom stereocenters. The molecule has 0 bridgehead atoms. The third-order valence-electron chi connectivity index (χ3n) is 4.84. The molecule has 0 amide bonds. The molecule has 0 radical (unpaired) electrons. The summed E-state index contributed by atoms with van der Waals surface area (Å²) < 4.78 is 20.9. The maximum absolute atomic E-state index is 12.8. The van der Waals surface area contributed by atoms with E-state index in [0.717, 1.165) is 0 Å². The van der Waals surface area contributed by atoms with Gasteiger partial charge in [-0.1, -0.05) is 25.3 Å². The van der Waals surface area contributed by atoms with Crippen LogP contribution >= 0.6 is 23.2 Å². The van der Waals surface area contributed by atoms with Gasteiger partial charge in [-0.15, -0.1) is 23.2 Å². The van der Waals surface area contributed by atoms with Gasteiger partial charge in [-0.25, -0.2) is 19.2 Å². The van der Waals surface area contributed by atoms with Crippen molar-refractivity contribution >= 4 is 47.1 Å². The van der Waals surface area contributed by atoms with Gasteiger partial charge in [0.25, 0.3) is 0 Å². The van der Waals surface area contributed by atoms with E-state index in [-0.39, 0.29) is 46.9 Å². The summed E-state index contributed by atoms with van der Waals surface area (Å²) in [7, 11) is 0. The van der Waals surface area contributed by atoms with Crippen LogP contribution in [0.5, 0.6) is 0 Å². The third-order valence-corrected chi connectivity index (χ3v) is 5.55. The maximum Gasteiger partial charge on any atom is 0.339 e. The van der Waals surface area contributed by atoms with E-state index in [1.165, 1.54) is 38.1 Å². The van der Waals surface area contributed by atoms with E-state index >= 15 is 0 Å².